The molecule has 3 N–H and O–H groups in total. The molecule has 6 heteroatoms. The highest BCUT2D eigenvalue weighted by atomic mass is 79.9. The number of aryl methyl sites for hydroxylation is 1. The molecule has 1 heterocycles. The fraction of sp³-hybridized carbons (Fsp3) is 0.143. The van der Waals surface area contributed by atoms with E-state index in [4.69, 9.17) is 17.3 Å². The van der Waals surface area contributed by atoms with E-state index in [2.05, 4.69) is 26.2 Å². The van der Waals surface area contributed by atoms with Gasteiger partial charge in [0.15, 0.2) is 0 Å². The number of rotatable bonds is 3. The van der Waals surface area contributed by atoms with E-state index < -0.39 is 0 Å². The summed E-state index contributed by atoms with van der Waals surface area (Å²) >= 11 is 9.33. The van der Waals surface area contributed by atoms with Crippen LogP contribution in [0.15, 0.2) is 34.8 Å². The molecule has 0 aliphatic carbocycles. The van der Waals surface area contributed by atoms with E-state index in [0.29, 0.717) is 33.0 Å². The van der Waals surface area contributed by atoms with E-state index >= 15 is 0 Å². The van der Waals surface area contributed by atoms with Crippen LogP contribution in [0.4, 0.5) is 11.5 Å². The molecule has 4 nitrogen and oxygen atoms in total. The summed E-state index contributed by atoms with van der Waals surface area (Å²) in [6.07, 6.45) is 0.714. The first-order chi connectivity index (χ1) is 9.51. The molecule has 0 saturated heterocycles. The Bertz CT molecular complexity index is 661. The SMILES string of the molecule is CCc1cc(C(=O)Nc2cccc(Cl)c2Br)cc(N)n1. The fourth-order valence-electron chi connectivity index (χ4n) is 1.72. The molecule has 0 spiro atoms. The van der Waals surface area contributed by atoms with Crippen LogP contribution >= 0.6 is 27.5 Å². The van der Waals surface area contributed by atoms with Gasteiger partial charge in [0, 0.05) is 11.3 Å². The smallest absolute Gasteiger partial charge is 0.255 e. The predicted octanol–water partition coefficient (Wildman–Crippen LogP) is 3.89. The third-order valence-electron chi connectivity index (χ3n) is 2.72. The number of nitrogen functional groups attached to an aromatic ring is 1. The van der Waals surface area contributed by atoms with Gasteiger partial charge in [0.25, 0.3) is 5.91 Å². The fourth-order valence-corrected chi connectivity index (χ4v) is 2.26. The Morgan fingerprint density at radius 3 is 2.90 bits per heavy atom. The van der Waals surface area contributed by atoms with Crippen LogP contribution in [0.25, 0.3) is 0 Å². The van der Waals surface area contributed by atoms with Gasteiger partial charge >= 0.3 is 0 Å². The molecule has 2 aromatic rings. The summed E-state index contributed by atoms with van der Waals surface area (Å²) in [6.45, 7) is 1.96. The van der Waals surface area contributed by atoms with Crippen LogP contribution in [0, 0.1) is 0 Å². The van der Waals surface area contributed by atoms with Gasteiger partial charge in [-0.25, -0.2) is 4.98 Å². The topological polar surface area (TPSA) is 68.0 Å². The molecule has 2 rings (SSSR count). The third-order valence-corrected chi connectivity index (χ3v) is 4.12. The largest absolute Gasteiger partial charge is 0.384 e. The highest BCUT2D eigenvalue weighted by Gasteiger charge is 2.11. The zero-order valence-corrected chi connectivity index (χ0v) is 13.1. The van der Waals surface area contributed by atoms with Crippen LogP contribution in [0.3, 0.4) is 0 Å². The summed E-state index contributed by atoms with van der Waals surface area (Å²) < 4.78 is 0.646. The summed E-state index contributed by atoms with van der Waals surface area (Å²) in [5.41, 5.74) is 7.56. The second-order valence-corrected chi connectivity index (χ2v) is 5.38. The zero-order chi connectivity index (χ0) is 14.7. The average molecular weight is 355 g/mol. The van der Waals surface area contributed by atoms with E-state index in [1.165, 1.54) is 0 Å². The number of aromatic nitrogens is 1. The molecule has 1 aromatic heterocycles. The van der Waals surface area contributed by atoms with E-state index in [1.54, 1.807) is 30.3 Å². The Kier molecular flexibility index (Phi) is 4.62. The molecule has 20 heavy (non-hydrogen) atoms. The first-order valence-corrected chi connectivity index (χ1v) is 7.20. The normalized spacial score (nSPS) is 10.3. The minimum Gasteiger partial charge on any atom is -0.384 e. The number of hydrogen-bond donors (Lipinski definition) is 2. The lowest BCUT2D eigenvalue weighted by atomic mass is 10.1. The number of anilines is 2. The quantitative estimate of drug-likeness (QED) is 0.878. The first-order valence-electron chi connectivity index (χ1n) is 6.03. The van der Waals surface area contributed by atoms with Gasteiger partial charge in [0.1, 0.15) is 5.82 Å². The second kappa shape index (κ2) is 6.24. The van der Waals surface area contributed by atoms with Crippen molar-refractivity contribution in [2.24, 2.45) is 0 Å². The van der Waals surface area contributed by atoms with E-state index in [1.807, 2.05) is 6.92 Å². The van der Waals surface area contributed by atoms with Crippen molar-refractivity contribution in [1.82, 2.24) is 4.98 Å². The van der Waals surface area contributed by atoms with Gasteiger partial charge in [0.05, 0.1) is 15.2 Å². The van der Waals surface area contributed by atoms with Crippen molar-refractivity contribution in [3.05, 3.63) is 51.1 Å². The Hall–Kier alpha value is -1.59. The lowest BCUT2D eigenvalue weighted by Crippen LogP contribution is -2.13. The van der Waals surface area contributed by atoms with Crippen LogP contribution in [-0.4, -0.2) is 10.9 Å². The maximum atomic E-state index is 12.2. The number of halogens is 2. The lowest BCUT2D eigenvalue weighted by molar-refractivity contribution is 0.102. The molecule has 0 atom stereocenters. The molecule has 0 aliphatic heterocycles. The van der Waals surface area contributed by atoms with Crippen molar-refractivity contribution in [1.29, 1.82) is 0 Å². The van der Waals surface area contributed by atoms with E-state index in [0.717, 1.165) is 5.69 Å². The molecule has 1 amide bonds. The van der Waals surface area contributed by atoms with Crippen LogP contribution in [0.1, 0.15) is 23.0 Å². The van der Waals surface area contributed by atoms with Crippen molar-refractivity contribution in [3.8, 4) is 0 Å². The van der Waals surface area contributed by atoms with Gasteiger partial charge in [-0.1, -0.05) is 24.6 Å². The monoisotopic (exact) mass is 353 g/mol. The molecule has 0 aliphatic rings. The second-order valence-electron chi connectivity index (χ2n) is 4.18. The van der Waals surface area contributed by atoms with E-state index in [9.17, 15) is 4.79 Å². The predicted molar refractivity (Wildman–Crippen MR) is 85.1 cm³/mol. The summed E-state index contributed by atoms with van der Waals surface area (Å²) in [4.78, 5) is 16.4. The number of carbonyl (C=O) groups is 1. The average Bonchev–Trinajstić information content (AvgIpc) is 2.43. The summed E-state index contributed by atoms with van der Waals surface area (Å²) in [5.74, 6) is 0.0800. The first kappa shape index (κ1) is 14.8. The maximum absolute atomic E-state index is 12.2. The van der Waals surface area contributed by atoms with Crippen molar-refractivity contribution in [2.45, 2.75) is 13.3 Å². The Labute approximate surface area is 130 Å². The van der Waals surface area contributed by atoms with Gasteiger partial charge in [-0.15, -0.1) is 0 Å². The summed E-state index contributed by atoms with van der Waals surface area (Å²) in [7, 11) is 0. The minimum atomic E-state index is -0.253. The molecule has 0 radical (unpaired) electrons. The highest BCUT2D eigenvalue weighted by molar-refractivity contribution is 9.10. The molecule has 0 fully saturated rings. The number of amides is 1. The summed E-state index contributed by atoms with van der Waals surface area (Å²) in [5, 5.41) is 3.33. The van der Waals surface area contributed by atoms with Crippen molar-refractivity contribution in [2.75, 3.05) is 11.1 Å². The van der Waals surface area contributed by atoms with Gasteiger partial charge < -0.3 is 11.1 Å². The van der Waals surface area contributed by atoms with Crippen LogP contribution in [0.5, 0.6) is 0 Å². The Morgan fingerprint density at radius 1 is 1.45 bits per heavy atom. The highest BCUT2D eigenvalue weighted by Crippen LogP contribution is 2.30. The summed E-state index contributed by atoms with van der Waals surface area (Å²) in [6, 6.07) is 8.54. The number of pyridine rings is 1. The zero-order valence-electron chi connectivity index (χ0n) is 10.8. The number of benzene rings is 1. The van der Waals surface area contributed by atoms with Crippen molar-refractivity contribution in [3.63, 3.8) is 0 Å². The third kappa shape index (κ3) is 3.29. The number of carbonyl (C=O) groups excluding carboxylic acids is 1. The molecular formula is C14H13BrClN3O. The van der Waals surface area contributed by atoms with Gasteiger partial charge in [-0.2, -0.15) is 0 Å². The van der Waals surface area contributed by atoms with Gasteiger partial charge in [-0.05, 0) is 46.6 Å². The minimum absolute atomic E-state index is 0.253. The Morgan fingerprint density at radius 2 is 2.20 bits per heavy atom. The maximum Gasteiger partial charge on any atom is 0.255 e. The number of nitrogens with zero attached hydrogens (tertiary/aromatic N) is 1. The van der Waals surface area contributed by atoms with Crippen LogP contribution in [-0.2, 0) is 6.42 Å². The molecular weight excluding hydrogens is 342 g/mol. The Balaban J connectivity index is 2.28. The molecule has 0 bridgehead atoms. The standard InChI is InChI=1S/C14H13BrClN3O/c1-2-9-6-8(7-12(17)18-9)14(20)19-11-5-3-4-10(16)13(11)15/h3-7H,2H2,1H3,(H2,17,18)(H,19,20). The molecule has 104 valence electrons. The lowest BCUT2D eigenvalue weighted by Gasteiger charge is -2.09. The van der Waals surface area contributed by atoms with Gasteiger partial charge in [0.2, 0.25) is 0 Å². The number of hydrogen-bond acceptors (Lipinski definition) is 3. The van der Waals surface area contributed by atoms with Gasteiger partial charge in [-0.3, -0.25) is 4.79 Å². The number of nitrogens with one attached hydrogen (secondary N) is 1. The molecule has 0 saturated carbocycles. The van der Waals surface area contributed by atoms with Crippen LogP contribution < -0.4 is 11.1 Å². The molecule has 0 unspecified atom stereocenters. The van der Waals surface area contributed by atoms with Crippen molar-refractivity contribution < 1.29 is 4.79 Å². The van der Waals surface area contributed by atoms with Crippen LogP contribution in [0.2, 0.25) is 5.02 Å². The van der Waals surface area contributed by atoms with Crippen molar-refractivity contribution >= 4 is 44.9 Å². The number of nitrogens with two attached hydrogens (primary N) is 1. The van der Waals surface area contributed by atoms with E-state index in [-0.39, 0.29) is 5.91 Å². The molecule has 1 aromatic carbocycles.